The standard InChI is InChI=1S/C13H18N2O2/c1-9(17-2)13(16)15-11-7-10-5-3-4-6-12(10)14-8-11/h3-6,9,11,14H,7-8H2,1-2H3,(H,15,16). The van der Waals surface area contributed by atoms with E-state index in [4.69, 9.17) is 4.74 Å². The van der Waals surface area contributed by atoms with Gasteiger partial charge in [-0.2, -0.15) is 0 Å². The molecule has 2 unspecified atom stereocenters. The third-order valence-corrected chi connectivity index (χ3v) is 3.09. The van der Waals surface area contributed by atoms with E-state index < -0.39 is 6.10 Å². The average Bonchev–Trinajstić information content (AvgIpc) is 2.37. The van der Waals surface area contributed by atoms with Gasteiger partial charge in [0.1, 0.15) is 6.10 Å². The highest BCUT2D eigenvalue weighted by Gasteiger charge is 2.21. The van der Waals surface area contributed by atoms with Crippen LogP contribution >= 0.6 is 0 Å². The van der Waals surface area contributed by atoms with Crippen LogP contribution in [0.3, 0.4) is 0 Å². The summed E-state index contributed by atoms with van der Waals surface area (Å²) in [7, 11) is 1.54. The van der Waals surface area contributed by atoms with Crippen molar-refractivity contribution < 1.29 is 9.53 Å². The number of rotatable bonds is 3. The van der Waals surface area contributed by atoms with Gasteiger partial charge in [-0.25, -0.2) is 0 Å². The molecule has 1 aromatic carbocycles. The van der Waals surface area contributed by atoms with Crippen molar-refractivity contribution in [2.45, 2.75) is 25.5 Å². The van der Waals surface area contributed by atoms with E-state index >= 15 is 0 Å². The molecule has 0 bridgehead atoms. The van der Waals surface area contributed by atoms with Crippen molar-refractivity contribution >= 4 is 11.6 Å². The topological polar surface area (TPSA) is 50.4 Å². The van der Waals surface area contributed by atoms with Crippen LogP contribution in [0.15, 0.2) is 24.3 Å². The fourth-order valence-corrected chi connectivity index (χ4v) is 1.97. The summed E-state index contributed by atoms with van der Waals surface area (Å²) in [6.45, 7) is 2.51. The molecular formula is C13H18N2O2. The number of para-hydroxylation sites is 1. The van der Waals surface area contributed by atoms with Crippen molar-refractivity contribution in [2.24, 2.45) is 0 Å². The molecule has 2 N–H and O–H groups in total. The summed E-state index contributed by atoms with van der Waals surface area (Å²) in [5.74, 6) is -0.0568. The van der Waals surface area contributed by atoms with Gasteiger partial charge in [0.2, 0.25) is 5.91 Å². The molecule has 17 heavy (non-hydrogen) atoms. The van der Waals surface area contributed by atoms with Crippen LogP contribution in [0.2, 0.25) is 0 Å². The van der Waals surface area contributed by atoms with Crippen molar-refractivity contribution in [1.82, 2.24) is 5.32 Å². The van der Waals surface area contributed by atoms with E-state index in [1.54, 1.807) is 14.0 Å². The van der Waals surface area contributed by atoms with Crippen molar-refractivity contribution in [3.05, 3.63) is 29.8 Å². The van der Waals surface area contributed by atoms with Crippen LogP contribution in [-0.4, -0.2) is 31.7 Å². The zero-order valence-electron chi connectivity index (χ0n) is 10.2. The van der Waals surface area contributed by atoms with Gasteiger partial charge in [-0.3, -0.25) is 4.79 Å². The SMILES string of the molecule is COC(C)C(=O)NC1CNc2ccccc2C1. The Bertz CT molecular complexity index is 406. The van der Waals surface area contributed by atoms with Gasteiger partial charge >= 0.3 is 0 Å². The first-order valence-electron chi connectivity index (χ1n) is 5.85. The Morgan fingerprint density at radius 2 is 2.29 bits per heavy atom. The van der Waals surface area contributed by atoms with Crippen LogP contribution < -0.4 is 10.6 Å². The molecule has 1 aliphatic heterocycles. The quantitative estimate of drug-likeness (QED) is 0.825. The molecule has 4 nitrogen and oxygen atoms in total. The summed E-state index contributed by atoms with van der Waals surface area (Å²) in [4.78, 5) is 11.7. The number of hydrogen-bond acceptors (Lipinski definition) is 3. The number of ether oxygens (including phenoxy) is 1. The first-order chi connectivity index (χ1) is 8.20. The Hall–Kier alpha value is -1.55. The van der Waals surface area contributed by atoms with E-state index in [2.05, 4.69) is 22.8 Å². The molecule has 0 fully saturated rings. The van der Waals surface area contributed by atoms with E-state index in [1.165, 1.54) is 5.56 Å². The van der Waals surface area contributed by atoms with Crippen molar-refractivity contribution in [2.75, 3.05) is 19.0 Å². The second-order valence-electron chi connectivity index (χ2n) is 4.33. The minimum atomic E-state index is -0.396. The van der Waals surface area contributed by atoms with E-state index in [-0.39, 0.29) is 11.9 Å². The van der Waals surface area contributed by atoms with E-state index in [9.17, 15) is 4.79 Å². The lowest BCUT2D eigenvalue weighted by Gasteiger charge is -2.27. The molecule has 92 valence electrons. The molecular weight excluding hydrogens is 216 g/mol. The number of anilines is 1. The zero-order chi connectivity index (χ0) is 12.3. The summed E-state index contributed by atoms with van der Waals surface area (Å²) < 4.78 is 4.99. The normalized spacial score (nSPS) is 20.0. The lowest BCUT2D eigenvalue weighted by molar-refractivity contribution is -0.130. The van der Waals surface area contributed by atoms with Crippen LogP contribution in [0.1, 0.15) is 12.5 Å². The second kappa shape index (κ2) is 5.19. The van der Waals surface area contributed by atoms with Crippen LogP contribution in [0.4, 0.5) is 5.69 Å². The highest BCUT2D eigenvalue weighted by molar-refractivity contribution is 5.80. The number of amides is 1. The fraction of sp³-hybridized carbons (Fsp3) is 0.462. The van der Waals surface area contributed by atoms with Crippen LogP contribution in [0, 0.1) is 0 Å². The summed E-state index contributed by atoms with van der Waals surface area (Å²) >= 11 is 0. The van der Waals surface area contributed by atoms with Gasteiger partial charge < -0.3 is 15.4 Å². The van der Waals surface area contributed by atoms with Gasteiger partial charge in [0, 0.05) is 19.3 Å². The number of nitrogens with one attached hydrogen (secondary N) is 2. The third-order valence-electron chi connectivity index (χ3n) is 3.09. The molecule has 0 spiro atoms. The van der Waals surface area contributed by atoms with E-state index in [0.29, 0.717) is 0 Å². The minimum Gasteiger partial charge on any atom is -0.383 e. The number of fused-ring (bicyclic) bond motifs is 1. The lowest BCUT2D eigenvalue weighted by atomic mass is 9.99. The molecule has 1 aliphatic rings. The number of benzene rings is 1. The monoisotopic (exact) mass is 234 g/mol. The maximum absolute atomic E-state index is 11.7. The van der Waals surface area contributed by atoms with Crippen molar-refractivity contribution in [3.8, 4) is 0 Å². The van der Waals surface area contributed by atoms with E-state index in [0.717, 1.165) is 18.7 Å². The Kier molecular flexibility index (Phi) is 3.64. The summed E-state index contributed by atoms with van der Waals surface area (Å²) in [5, 5.41) is 6.30. The van der Waals surface area contributed by atoms with Gasteiger partial charge in [0.05, 0.1) is 6.04 Å². The lowest BCUT2D eigenvalue weighted by Crippen LogP contribution is -2.47. The van der Waals surface area contributed by atoms with Gasteiger partial charge in [-0.1, -0.05) is 18.2 Å². The van der Waals surface area contributed by atoms with E-state index in [1.807, 2.05) is 12.1 Å². The third kappa shape index (κ3) is 2.77. The Morgan fingerprint density at radius 1 is 1.53 bits per heavy atom. The summed E-state index contributed by atoms with van der Waals surface area (Å²) in [6, 6.07) is 8.31. The first kappa shape index (κ1) is 11.9. The Morgan fingerprint density at radius 3 is 3.06 bits per heavy atom. The minimum absolute atomic E-state index is 0.0568. The zero-order valence-corrected chi connectivity index (χ0v) is 10.2. The molecule has 4 heteroatoms. The largest absolute Gasteiger partial charge is 0.383 e. The Balaban J connectivity index is 1.96. The summed E-state index contributed by atoms with van der Waals surface area (Å²) in [6.07, 6.45) is 0.470. The molecule has 2 atom stereocenters. The average molecular weight is 234 g/mol. The maximum atomic E-state index is 11.7. The number of carbonyl (C=O) groups is 1. The highest BCUT2D eigenvalue weighted by Crippen LogP contribution is 2.20. The number of hydrogen-bond donors (Lipinski definition) is 2. The smallest absolute Gasteiger partial charge is 0.249 e. The number of carbonyl (C=O) groups excluding carboxylic acids is 1. The van der Waals surface area contributed by atoms with Crippen LogP contribution in [0.25, 0.3) is 0 Å². The molecule has 0 saturated heterocycles. The molecule has 1 heterocycles. The number of methoxy groups -OCH3 is 1. The van der Waals surface area contributed by atoms with Crippen LogP contribution in [-0.2, 0) is 16.0 Å². The molecule has 0 aliphatic carbocycles. The van der Waals surface area contributed by atoms with Crippen molar-refractivity contribution in [3.63, 3.8) is 0 Å². The molecule has 0 radical (unpaired) electrons. The fourth-order valence-electron chi connectivity index (χ4n) is 1.97. The highest BCUT2D eigenvalue weighted by atomic mass is 16.5. The molecule has 1 amide bonds. The predicted molar refractivity (Wildman–Crippen MR) is 67.0 cm³/mol. The van der Waals surface area contributed by atoms with Crippen LogP contribution in [0.5, 0.6) is 0 Å². The van der Waals surface area contributed by atoms with Gasteiger partial charge in [0.15, 0.2) is 0 Å². The molecule has 0 aromatic heterocycles. The molecule has 0 saturated carbocycles. The molecule has 1 aromatic rings. The maximum Gasteiger partial charge on any atom is 0.249 e. The van der Waals surface area contributed by atoms with Gasteiger partial charge in [-0.05, 0) is 25.0 Å². The summed E-state index contributed by atoms with van der Waals surface area (Å²) in [5.41, 5.74) is 2.41. The van der Waals surface area contributed by atoms with Gasteiger partial charge in [-0.15, -0.1) is 0 Å². The Labute approximate surface area is 101 Å². The predicted octanol–water partition coefficient (Wildman–Crippen LogP) is 1.17. The van der Waals surface area contributed by atoms with Gasteiger partial charge in [0.25, 0.3) is 0 Å². The first-order valence-corrected chi connectivity index (χ1v) is 5.85. The second-order valence-corrected chi connectivity index (χ2v) is 4.33. The van der Waals surface area contributed by atoms with Crippen molar-refractivity contribution in [1.29, 1.82) is 0 Å². The molecule has 2 rings (SSSR count).